The number of nitrogens with zero attached hydrogens (tertiary/aromatic N) is 1. The molecule has 0 amide bonds. The van der Waals surface area contributed by atoms with Gasteiger partial charge in [0.05, 0.1) is 0 Å². The van der Waals surface area contributed by atoms with E-state index in [0.717, 1.165) is 5.56 Å². The molecular formula is C18H17NO4. The van der Waals surface area contributed by atoms with Crippen molar-refractivity contribution in [3.8, 4) is 5.75 Å². The quantitative estimate of drug-likeness (QED) is 0.655. The highest BCUT2D eigenvalue weighted by Crippen LogP contribution is 2.20. The number of pyridine rings is 1. The van der Waals surface area contributed by atoms with E-state index < -0.39 is 11.6 Å². The van der Waals surface area contributed by atoms with Crippen molar-refractivity contribution in [3.63, 3.8) is 0 Å². The zero-order valence-electron chi connectivity index (χ0n) is 12.9. The Morgan fingerprint density at radius 3 is 2.65 bits per heavy atom. The van der Waals surface area contributed by atoms with Crippen LogP contribution < -0.4 is 4.74 Å². The van der Waals surface area contributed by atoms with Gasteiger partial charge in [0.1, 0.15) is 5.75 Å². The zero-order valence-corrected chi connectivity index (χ0v) is 12.9. The number of ketones is 1. The first kappa shape index (κ1) is 16.4. The smallest absolute Gasteiger partial charge is 0.347 e. The number of carbonyl (C=O) groups is 2. The molecule has 0 aliphatic rings. The van der Waals surface area contributed by atoms with Gasteiger partial charge in [0.25, 0.3) is 0 Å². The lowest BCUT2D eigenvalue weighted by Gasteiger charge is -2.21. The van der Waals surface area contributed by atoms with Crippen molar-refractivity contribution in [2.75, 3.05) is 0 Å². The second-order valence-electron chi connectivity index (χ2n) is 5.43. The lowest BCUT2D eigenvalue weighted by Crippen LogP contribution is -2.37. The van der Waals surface area contributed by atoms with Crippen LogP contribution in [0, 0.1) is 0 Å². The lowest BCUT2D eigenvalue weighted by atomic mass is 10.1. The van der Waals surface area contributed by atoms with Gasteiger partial charge in [-0.05, 0) is 49.8 Å². The number of carboxylic acid groups (broad SMARTS) is 1. The second-order valence-corrected chi connectivity index (χ2v) is 5.43. The largest absolute Gasteiger partial charge is 0.478 e. The van der Waals surface area contributed by atoms with Gasteiger partial charge in [-0.25, -0.2) is 4.79 Å². The minimum absolute atomic E-state index is 0.201. The summed E-state index contributed by atoms with van der Waals surface area (Å²) in [6.45, 7) is 2.90. The fourth-order valence-corrected chi connectivity index (χ4v) is 1.79. The molecular weight excluding hydrogens is 294 g/mol. The maximum atomic E-state index is 12.2. The van der Waals surface area contributed by atoms with Crippen molar-refractivity contribution in [2.24, 2.45) is 0 Å². The normalized spacial score (nSPS) is 11.4. The van der Waals surface area contributed by atoms with E-state index in [2.05, 4.69) is 4.98 Å². The predicted octanol–water partition coefficient (Wildman–Crippen LogP) is 3.22. The molecule has 1 aromatic carbocycles. The maximum absolute atomic E-state index is 12.2. The van der Waals surface area contributed by atoms with Crippen LogP contribution in [0.15, 0.2) is 54.9 Å². The van der Waals surface area contributed by atoms with Gasteiger partial charge in [-0.15, -0.1) is 0 Å². The van der Waals surface area contributed by atoms with Crippen LogP contribution in [0.5, 0.6) is 5.75 Å². The fourth-order valence-electron chi connectivity index (χ4n) is 1.79. The molecule has 0 aliphatic carbocycles. The Morgan fingerprint density at radius 1 is 1.22 bits per heavy atom. The summed E-state index contributed by atoms with van der Waals surface area (Å²) >= 11 is 0. The Kier molecular flexibility index (Phi) is 4.91. The summed E-state index contributed by atoms with van der Waals surface area (Å²) in [7, 11) is 0. The summed E-state index contributed by atoms with van der Waals surface area (Å²) in [4.78, 5) is 27.3. The average Bonchev–Trinajstić information content (AvgIpc) is 2.53. The molecule has 0 spiro atoms. The number of carboxylic acids is 1. The minimum Gasteiger partial charge on any atom is -0.478 e. The maximum Gasteiger partial charge on any atom is 0.347 e. The Morgan fingerprint density at radius 2 is 2.00 bits per heavy atom. The van der Waals surface area contributed by atoms with Crippen LogP contribution in [0.25, 0.3) is 6.08 Å². The molecule has 1 N–H and O–H groups in total. The summed E-state index contributed by atoms with van der Waals surface area (Å²) in [5, 5.41) is 9.08. The van der Waals surface area contributed by atoms with Crippen molar-refractivity contribution in [1.82, 2.24) is 4.98 Å². The van der Waals surface area contributed by atoms with Gasteiger partial charge in [-0.1, -0.05) is 18.2 Å². The Bertz CT molecular complexity index is 736. The number of ether oxygens (including phenoxy) is 1. The number of aromatic nitrogens is 1. The summed E-state index contributed by atoms with van der Waals surface area (Å²) in [5.41, 5.74) is -0.128. The number of allylic oxidation sites excluding steroid dienone is 1. The van der Waals surface area contributed by atoms with Crippen molar-refractivity contribution >= 4 is 17.8 Å². The molecule has 0 saturated carbocycles. The van der Waals surface area contributed by atoms with Gasteiger partial charge in [0, 0.05) is 18.0 Å². The number of carbonyl (C=O) groups excluding carboxylic acids is 1. The Balaban J connectivity index is 2.14. The van der Waals surface area contributed by atoms with Crippen molar-refractivity contribution in [1.29, 1.82) is 0 Å². The highest BCUT2D eigenvalue weighted by atomic mass is 16.5. The van der Waals surface area contributed by atoms with E-state index in [4.69, 9.17) is 9.84 Å². The van der Waals surface area contributed by atoms with Crippen molar-refractivity contribution in [2.45, 2.75) is 19.4 Å². The first-order chi connectivity index (χ1) is 10.9. The third kappa shape index (κ3) is 4.51. The number of hydrogen-bond acceptors (Lipinski definition) is 4. The number of benzene rings is 1. The molecule has 118 valence electrons. The minimum atomic E-state index is -1.37. The van der Waals surface area contributed by atoms with Gasteiger partial charge in [-0.3, -0.25) is 9.78 Å². The monoisotopic (exact) mass is 311 g/mol. The van der Waals surface area contributed by atoms with E-state index in [-0.39, 0.29) is 5.78 Å². The van der Waals surface area contributed by atoms with E-state index in [1.54, 1.807) is 42.7 Å². The Labute approximate surface area is 134 Å². The molecule has 0 unspecified atom stereocenters. The van der Waals surface area contributed by atoms with E-state index in [9.17, 15) is 9.59 Å². The van der Waals surface area contributed by atoms with Crippen LogP contribution in [0.1, 0.15) is 29.8 Å². The summed E-state index contributed by atoms with van der Waals surface area (Å²) in [5.74, 6) is -0.948. The van der Waals surface area contributed by atoms with E-state index in [1.807, 2.05) is 6.07 Å². The van der Waals surface area contributed by atoms with Crippen LogP contribution in [-0.4, -0.2) is 27.4 Å². The molecule has 0 aliphatic heterocycles. The first-order valence-electron chi connectivity index (χ1n) is 7.03. The summed E-state index contributed by atoms with van der Waals surface area (Å²) in [6.07, 6.45) is 6.42. The standard InChI is InChI=1S/C18H17NO4/c1-18(2,17(21)22)23-15-7-3-6-14(11-15)16(20)9-8-13-5-4-10-19-12-13/h3-12H,1-2H3,(H,21,22). The molecule has 0 fully saturated rings. The Hall–Kier alpha value is -2.95. The van der Waals surface area contributed by atoms with Crippen LogP contribution in [0.2, 0.25) is 0 Å². The van der Waals surface area contributed by atoms with E-state index in [1.165, 1.54) is 26.0 Å². The van der Waals surface area contributed by atoms with Crippen LogP contribution in [0.4, 0.5) is 0 Å². The number of rotatable bonds is 6. The second kappa shape index (κ2) is 6.87. The van der Waals surface area contributed by atoms with Gasteiger partial charge in [0.2, 0.25) is 0 Å². The topological polar surface area (TPSA) is 76.5 Å². The molecule has 1 aromatic heterocycles. The molecule has 2 aromatic rings. The first-order valence-corrected chi connectivity index (χ1v) is 7.03. The highest BCUT2D eigenvalue weighted by Gasteiger charge is 2.29. The van der Waals surface area contributed by atoms with Gasteiger partial charge >= 0.3 is 5.97 Å². The zero-order chi connectivity index (χ0) is 16.9. The summed E-state index contributed by atoms with van der Waals surface area (Å²) in [6, 6.07) is 10.1. The third-order valence-electron chi connectivity index (χ3n) is 3.12. The van der Waals surface area contributed by atoms with Gasteiger partial charge in [-0.2, -0.15) is 0 Å². The fraction of sp³-hybridized carbons (Fsp3) is 0.167. The highest BCUT2D eigenvalue weighted by molar-refractivity contribution is 6.07. The third-order valence-corrected chi connectivity index (χ3v) is 3.12. The van der Waals surface area contributed by atoms with Crippen LogP contribution >= 0.6 is 0 Å². The molecule has 5 nitrogen and oxygen atoms in total. The number of aliphatic carboxylic acids is 1. The molecule has 0 atom stereocenters. The number of hydrogen-bond donors (Lipinski definition) is 1. The molecule has 0 radical (unpaired) electrons. The SMILES string of the molecule is CC(C)(Oc1cccc(C(=O)C=Cc2cccnc2)c1)C(=O)O. The average molecular weight is 311 g/mol. The molecule has 1 heterocycles. The molecule has 0 saturated heterocycles. The molecule has 5 heteroatoms. The molecule has 23 heavy (non-hydrogen) atoms. The molecule has 2 rings (SSSR count). The van der Waals surface area contributed by atoms with Gasteiger partial charge in [0.15, 0.2) is 11.4 Å². The van der Waals surface area contributed by atoms with Crippen LogP contribution in [-0.2, 0) is 4.79 Å². The van der Waals surface area contributed by atoms with Crippen molar-refractivity contribution in [3.05, 3.63) is 66.0 Å². The van der Waals surface area contributed by atoms with Gasteiger partial charge < -0.3 is 9.84 Å². The lowest BCUT2D eigenvalue weighted by molar-refractivity contribution is -0.152. The van der Waals surface area contributed by atoms with Crippen LogP contribution in [0.3, 0.4) is 0 Å². The summed E-state index contributed by atoms with van der Waals surface area (Å²) < 4.78 is 5.43. The van der Waals surface area contributed by atoms with E-state index in [0.29, 0.717) is 11.3 Å². The predicted molar refractivity (Wildman–Crippen MR) is 86.4 cm³/mol. The molecule has 0 bridgehead atoms. The van der Waals surface area contributed by atoms with E-state index >= 15 is 0 Å². The van der Waals surface area contributed by atoms with Crippen molar-refractivity contribution < 1.29 is 19.4 Å².